The number of hydrogen-bond acceptors (Lipinski definition) is 4. The van der Waals surface area contributed by atoms with Gasteiger partial charge in [-0.15, -0.1) is 24.0 Å². The summed E-state index contributed by atoms with van der Waals surface area (Å²) in [5.74, 6) is 1.35. The van der Waals surface area contributed by atoms with Gasteiger partial charge in [-0.2, -0.15) is 0 Å². The van der Waals surface area contributed by atoms with E-state index in [1.54, 1.807) is 0 Å². The molecule has 178 valence electrons. The van der Waals surface area contributed by atoms with Gasteiger partial charge in [0, 0.05) is 52.4 Å². The predicted octanol–water partition coefficient (Wildman–Crippen LogP) is 3.30. The molecule has 0 aromatic heterocycles. The highest BCUT2D eigenvalue weighted by Crippen LogP contribution is 2.15. The largest absolute Gasteiger partial charge is 0.396 e. The summed E-state index contributed by atoms with van der Waals surface area (Å²) in [4.78, 5) is 9.94. The van der Waals surface area contributed by atoms with Crippen LogP contribution >= 0.6 is 24.0 Å². The molecule has 0 bridgehead atoms. The molecule has 0 saturated carbocycles. The highest BCUT2D eigenvalue weighted by atomic mass is 127. The van der Waals surface area contributed by atoms with Crippen LogP contribution in [0.4, 0.5) is 0 Å². The Morgan fingerprint density at radius 2 is 1.68 bits per heavy atom. The normalized spacial score (nSPS) is 16.6. The number of nitrogens with zero attached hydrogens (tertiary/aromatic N) is 3. The van der Waals surface area contributed by atoms with Crippen LogP contribution in [-0.2, 0) is 13.1 Å². The second-order valence-electron chi connectivity index (χ2n) is 8.22. The molecule has 1 fully saturated rings. The monoisotopic (exact) mass is 545 g/mol. The molecule has 0 radical (unpaired) electrons. The average Bonchev–Trinajstić information content (AvgIpc) is 2.77. The van der Waals surface area contributed by atoms with Crippen LogP contribution in [0.1, 0.15) is 51.2 Å². The van der Waals surface area contributed by atoms with Crippen LogP contribution in [0.25, 0.3) is 0 Å². The van der Waals surface area contributed by atoms with E-state index in [4.69, 9.17) is 4.99 Å². The van der Waals surface area contributed by atoms with Crippen LogP contribution in [0.5, 0.6) is 0 Å². The van der Waals surface area contributed by atoms with Gasteiger partial charge in [0.1, 0.15) is 0 Å². The number of hydrogen-bond donors (Lipinski definition) is 3. The van der Waals surface area contributed by atoms with Gasteiger partial charge < -0.3 is 20.6 Å². The molecule has 7 heteroatoms. The van der Waals surface area contributed by atoms with E-state index in [9.17, 15) is 5.11 Å². The van der Waals surface area contributed by atoms with Crippen LogP contribution in [0, 0.1) is 5.92 Å². The second kappa shape index (κ2) is 16.7. The van der Waals surface area contributed by atoms with Gasteiger partial charge in [-0.05, 0) is 43.4 Å². The lowest BCUT2D eigenvalue weighted by molar-refractivity contribution is 0.131. The third kappa shape index (κ3) is 10.5. The SMILES string of the molecule is CCCC(CCO)CNC(=NCc1ccccc1CN1CCN(CC)CC1)NCC.I. The van der Waals surface area contributed by atoms with Gasteiger partial charge in [-0.1, -0.05) is 44.5 Å². The number of nitrogens with one attached hydrogen (secondary N) is 2. The van der Waals surface area contributed by atoms with Crippen molar-refractivity contribution in [2.75, 3.05) is 52.4 Å². The van der Waals surface area contributed by atoms with E-state index in [1.165, 1.54) is 11.1 Å². The number of benzene rings is 1. The first-order valence-electron chi connectivity index (χ1n) is 11.8. The topological polar surface area (TPSA) is 63.1 Å². The van der Waals surface area contributed by atoms with E-state index in [2.05, 4.69) is 65.5 Å². The molecule has 1 aliphatic heterocycles. The van der Waals surface area contributed by atoms with Crippen molar-refractivity contribution in [3.8, 4) is 0 Å². The second-order valence-corrected chi connectivity index (χ2v) is 8.22. The fourth-order valence-electron chi connectivity index (χ4n) is 4.06. The minimum absolute atomic E-state index is 0. The van der Waals surface area contributed by atoms with Gasteiger partial charge in [0.2, 0.25) is 0 Å². The zero-order valence-corrected chi connectivity index (χ0v) is 22.1. The summed E-state index contributed by atoms with van der Waals surface area (Å²) in [6.45, 7) is 15.9. The van der Waals surface area contributed by atoms with Gasteiger partial charge >= 0.3 is 0 Å². The lowest BCUT2D eigenvalue weighted by Gasteiger charge is -2.34. The van der Waals surface area contributed by atoms with Gasteiger partial charge in [0.05, 0.1) is 6.54 Å². The lowest BCUT2D eigenvalue weighted by atomic mass is 10.0. The van der Waals surface area contributed by atoms with E-state index in [-0.39, 0.29) is 30.6 Å². The summed E-state index contributed by atoms with van der Waals surface area (Å²) in [5, 5.41) is 16.1. The van der Waals surface area contributed by atoms with Crippen molar-refractivity contribution in [2.45, 2.75) is 53.1 Å². The number of aliphatic hydroxyl groups is 1. The number of aliphatic hydroxyl groups excluding tert-OH is 1. The molecular formula is C24H44IN5O. The standard InChI is InChI=1S/C24H43N5O.HI/c1-4-9-21(12-17-30)18-26-24(25-5-2)27-19-22-10-7-8-11-23(22)20-29-15-13-28(6-3)14-16-29;/h7-8,10-11,21,30H,4-6,9,12-20H2,1-3H3,(H2,25,26,27);1H. The summed E-state index contributed by atoms with van der Waals surface area (Å²) in [7, 11) is 0. The Morgan fingerprint density at radius 3 is 2.29 bits per heavy atom. The van der Waals surface area contributed by atoms with Crippen LogP contribution < -0.4 is 10.6 Å². The third-order valence-corrected chi connectivity index (χ3v) is 5.97. The molecule has 3 N–H and O–H groups in total. The highest BCUT2D eigenvalue weighted by molar-refractivity contribution is 14.0. The van der Waals surface area contributed by atoms with Crippen LogP contribution in [0.2, 0.25) is 0 Å². The van der Waals surface area contributed by atoms with Crippen LogP contribution in [0.15, 0.2) is 29.3 Å². The first-order chi connectivity index (χ1) is 14.7. The van der Waals surface area contributed by atoms with Crippen LogP contribution in [-0.4, -0.2) is 73.3 Å². The molecule has 6 nitrogen and oxygen atoms in total. The minimum atomic E-state index is 0. The summed E-state index contributed by atoms with van der Waals surface area (Å²) in [6, 6.07) is 8.70. The van der Waals surface area contributed by atoms with E-state index in [0.717, 1.165) is 77.6 Å². The molecule has 31 heavy (non-hydrogen) atoms. The number of likely N-dealkylation sites (N-methyl/N-ethyl adjacent to an activating group) is 1. The Labute approximate surface area is 206 Å². The predicted molar refractivity (Wildman–Crippen MR) is 142 cm³/mol. The van der Waals surface area contributed by atoms with Gasteiger partial charge in [-0.3, -0.25) is 4.90 Å². The van der Waals surface area contributed by atoms with Gasteiger partial charge in [0.25, 0.3) is 0 Å². The smallest absolute Gasteiger partial charge is 0.191 e. The fraction of sp³-hybridized carbons (Fsp3) is 0.708. The highest BCUT2D eigenvalue weighted by Gasteiger charge is 2.16. The number of aliphatic imine (C=N–C) groups is 1. The average molecular weight is 546 g/mol. The zero-order chi connectivity index (χ0) is 21.6. The summed E-state index contributed by atoms with van der Waals surface area (Å²) < 4.78 is 0. The summed E-state index contributed by atoms with van der Waals surface area (Å²) >= 11 is 0. The van der Waals surface area contributed by atoms with Crippen molar-refractivity contribution in [1.82, 2.24) is 20.4 Å². The zero-order valence-electron chi connectivity index (χ0n) is 19.8. The van der Waals surface area contributed by atoms with Crippen LogP contribution in [0.3, 0.4) is 0 Å². The van der Waals surface area contributed by atoms with Crippen molar-refractivity contribution in [1.29, 1.82) is 0 Å². The molecule has 1 saturated heterocycles. The maximum absolute atomic E-state index is 9.30. The van der Waals surface area contributed by atoms with Gasteiger partial charge in [-0.25, -0.2) is 4.99 Å². The maximum Gasteiger partial charge on any atom is 0.191 e. The molecule has 1 aromatic carbocycles. The molecule has 1 atom stereocenters. The Morgan fingerprint density at radius 1 is 1.00 bits per heavy atom. The minimum Gasteiger partial charge on any atom is -0.396 e. The number of piperazine rings is 1. The number of rotatable bonds is 12. The first-order valence-corrected chi connectivity index (χ1v) is 11.8. The third-order valence-electron chi connectivity index (χ3n) is 5.97. The summed E-state index contributed by atoms with van der Waals surface area (Å²) in [5.41, 5.74) is 2.68. The quantitative estimate of drug-likeness (QED) is 0.214. The molecule has 1 unspecified atom stereocenters. The van der Waals surface area contributed by atoms with Crippen molar-refractivity contribution < 1.29 is 5.11 Å². The maximum atomic E-state index is 9.30. The molecule has 2 rings (SSSR count). The van der Waals surface area contributed by atoms with Gasteiger partial charge in [0.15, 0.2) is 5.96 Å². The molecule has 0 amide bonds. The van der Waals surface area contributed by atoms with Crippen molar-refractivity contribution >= 4 is 29.9 Å². The Bertz CT molecular complexity index is 614. The Kier molecular flexibility index (Phi) is 15.2. The first kappa shape index (κ1) is 28.1. The molecule has 0 aliphatic carbocycles. The number of halogens is 1. The molecule has 1 aromatic rings. The van der Waals surface area contributed by atoms with Crippen molar-refractivity contribution in [3.05, 3.63) is 35.4 Å². The van der Waals surface area contributed by atoms with Crippen molar-refractivity contribution in [3.63, 3.8) is 0 Å². The lowest BCUT2D eigenvalue weighted by Crippen LogP contribution is -2.45. The van der Waals surface area contributed by atoms with E-state index in [1.807, 2.05) is 0 Å². The molecule has 1 aliphatic rings. The summed E-state index contributed by atoms with van der Waals surface area (Å²) in [6.07, 6.45) is 3.11. The van der Waals surface area contributed by atoms with E-state index >= 15 is 0 Å². The Balaban J connectivity index is 0.00000480. The molecule has 0 spiro atoms. The Hall–Kier alpha value is -0.900. The van der Waals surface area contributed by atoms with Crippen molar-refractivity contribution in [2.24, 2.45) is 10.9 Å². The van der Waals surface area contributed by atoms with E-state index in [0.29, 0.717) is 12.5 Å². The van der Waals surface area contributed by atoms with E-state index < -0.39 is 0 Å². The fourth-order valence-corrected chi connectivity index (χ4v) is 4.06. The number of guanidine groups is 1. The molecular weight excluding hydrogens is 501 g/mol. The molecule has 1 heterocycles.